The maximum atomic E-state index is 4.94. The SMILES string of the molecule is Cc1nc2n(c1C)C(C)(C(C)(C)C)C(C)(C(C)(C)C)c1ncc[c-]c1-2.[Ir]. The van der Waals surface area contributed by atoms with E-state index in [0.717, 1.165) is 22.8 Å². The molecule has 2 unspecified atom stereocenters. The van der Waals surface area contributed by atoms with Gasteiger partial charge in [0.25, 0.3) is 0 Å². The van der Waals surface area contributed by atoms with Crippen LogP contribution in [0.25, 0.3) is 11.4 Å². The second-order valence-electron chi connectivity index (χ2n) is 9.95. The van der Waals surface area contributed by atoms with Crippen molar-refractivity contribution in [3.63, 3.8) is 0 Å². The number of fused-ring (bicyclic) bond motifs is 3. The van der Waals surface area contributed by atoms with Crippen LogP contribution in [-0.2, 0) is 31.1 Å². The van der Waals surface area contributed by atoms with Gasteiger partial charge in [0.15, 0.2) is 0 Å². The first-order valence-electron chi connectivity index (χ1n) is 9.22. The molecule has 4 heteroatoms. The van der Waals surface area contributed by atoms with Gasteiger partial charge < -0.3 is 9.55 Å². The van der Waals surface area contributed by atoms with Crippen molar-refractivity contribution in [2.45, 2.75) is 80.2 Å². The number of hydrogen-bond donors (Lipinski definition) is 0. The van der Waals surface area contributed by atoms with Crippen LogP contribution in [-0.4, -0.2) is 14.5 Å². The Kier molecular flexibility index (Phi) is 4.92. The van der Waals surface area contributed by atoms with E-state index in [1.807, 2.05) is 12.3 Å². The molecule has 0 saturated carbocycles. The number of aromatic nitrogens is 3. The molecule has 3 heterocycles. The van der Waals surface area contributed by atoms with Gasteiger partial charge in [-0.1, -0.05) is 60.2 Å². The summed E-state index contributed by atoms with van der Waals surface area (Å²) in [5, 5.41) is 0. The average Bonchev–Trinajstić information content (AvgIpc) is 2.78. The fourth-order valence-corrected chi connectivity index (χ4v) is 4.87. The maximum Gasteiger partial charge on any atom is 0.0585 e. The summed E-state index contributed by atoms with van der Waals surface area (Å²) in [7, 11) is 0. The van der Waals surface area contributed by atoms with Gasteiger partial charge in [-0.3, -0.25) is 4.98 Å². The predicted octanol–water partition coefficient (Wildman–Crippen LogP) is 5.44. The summed E-state index contributed by atoms with van der Waals surface area (Å²) in [6, 6.07) is 5.36. The van der Waals surface area contributed by atoms with Crippen molar-refractivity contribution >= 4 is 0 Å². The molecule has 1 aliphatic rings. The molecule has 26 heavy (non-hydrogen) atoms. The maximum absolute atomic E-state index is 4.94. The van der Waals surface area contributed by atoms with E-state index in [2.05, 4.69) is 79.9 Å². The summed E-state index contributed by atoms with van der Waals surface area (Å²) < 4.78 is 2.48. The minimum atomic E-state index is -0.186. The summed E-state index contributed by atoms with van der Waals surface area (Å²) in [4.78, 5) is 9.84. The third-order valence-corrected chi connectivity index (χ3v) is 7.17. The molecule has 0 aliphatic carbocycles. The second kappa shape index (κ2) is 6.00. The number of pyridine rings is 1. The summed E-state index contributed by atoms with van der Waals surface area (Å²) in [5.41, 5.74) is 4.16. The predicted molar refractivity (Wildman–Crippen MR) is 104 cm³/mol. The molecule has 2 atom stereocenters. The van der Waals surface area contributed by atoms with Gasteiger partial charge >= 0.3 is 0 Å². The van der Waals surface area contributed by atoms with Crippen LogP contribution in [0.5, 0.6) is 0 Å². The molecule has 2 aromatic heterocycles. The Bertz CT molecular complexity index is 838. The molecule has 0 bridgehead atoms. The Morgan fingerprint density at radius 2 is 1.58 bits per heavy atom. The van der Waals surface area contributed by atoms with Crippen LogP contribution in [0.1, 0.15) is 72.5 Å². The molecule has 2 aromatic rings. The summed E-state index contributed by atoms with van der Waals surface area (Å²) in [5.74, 6) is 1.01. The van der Waals surface area contributed by atoms with Crippen molar-refractivity contribution in [1.82, 2.24) is 14.5 Å². The van der Waals surface area contributed by atoms with E-state index in [0.29, 0.717) is 0 Å². The van der Waals surface area contributed by atoms with Crippen LogP contribution in [0.15, 0.2) is 12.3 Å². The molecule has 3 nitrogen and oxygen atoms in total. The van der Waals surface area contributed by atoms with Crippen LogP contribution in [0.2, 0.25) is 0 Å². The van der Waals surface area contributed by atoms with E-state index < -0.39 is 0 Å². The van der Waals surface area contributed by atoms with Crippen LogP contribution in [0.4, 0.5) is 0 Å². The van der Waals surface area contributed by atoms with Gasteiger partial charge in [0.1, 0.15) is 0 Å². The van der Waals surface area contributed by atoms with E-state index in [4.69, 9.17) is 9.97 Å². The normalized spacial score (nSPS) is 25.3. The molecule has 0 aromatic carbocycles. The van der Waals surface area contributed by atoms with E-state index in [1.165, 1.54) is 5.69 Å². The Balaban J connectivity index is 0.00000243. The molecule has 1 radical (unpaired) electrons. The van der Waals surface area contributed by atoms with Crippen LogP contribution >= 0.6 is 0 Å². The van der Waals surface area contributed by atoms with Gasteiger partial charge in [-0.05, 0) is 37.3 Å². The zero-order valence-corrected chi connectivity index (χ0v) is 20.2. The second-order valence-corrected chi connectivity index (χ2v) is 9.95. The van der Waals surface area contributed by atoms with Crippen molar-refractivity contribution in [3.05, 3.63) is 35.4 Å². The summed E-state index contributed by atoms with van der Waals surface area (Å²) in [6.07, 6.45) is 1.88. The Morgan fingerprint density at radius 3 is 2.08 bits per heavy atom. The number of aryl methyl sites for hydroxylation is 1. The quantitative estimate of drug-likeness (QED) is 0.425. The van der Waals surface area contributed by atoms with Gasteiger partial charge in [-0.25, -0.2) is 0 Å². The van der Waals surface area contributed by atoms with Crippen molar-refractivity contribution < 1.29 is 20.1 Å². The largest absolute Gasteiger partial charge is 0.362 e. The van der Waals surface area contributed by atoms with Gasteiger partial charge in [-0.2, -0.15) is 0 Å². The fourth-order valence-electron chi connectivity index (χ4n) is 4.87. The van der Waals surface area contributed by atoms with E-state index in [9.17, 15) is 0 Å². The number of rotatable bonds is 0. The first-order valence-corrected chi connectivity index (χ1v) is 9.22. The van der Waals surface area contributed by atoms with Gasteiger partial charge in [0.05, 0.1) is 5.82 Å². The number of imidazole rings is 1. The first kappa shape index (κ1) is 21.3. The zero-order chi connectivity index (χ0) is 19.0. The first-order chi connectivity index (χ1) is 11.3. The van der Waals surface area contributed by atoms with Crippen molar-refractivity contribution in [1.29, 1.82) is 0 Å². The molecular weight excluding hydrogens is 498 g/mol. The Labute approximate surface area is 172 Å². The molecule has 0 amide bonds. The molecule has 0 spiro atoms. The summed E-state index contributed by atoms with van der Waals surface area (Å²) in [6.45, 7) is 23.1. The molecule has 0 N–H and O–H groups in total. The monoisotopic (exact) mass is 531 g/mol. The Morgan fingerprint density at radius 1 is 1.00 bits per heavy atom. The van der Waals surface area contributed by atoms with Gasteiger partial charge in [0, 0.05) is 42.4 Å². The van der Waals surface area contributed by atoms with Crippen LogP contribution in [0.3, 0.4) is 0 Å². The van der Waals surface area contributed by atoms with E-state index in [-0.39, 0.29) is 41.9 Å². The minimum Gasteiger partial charge on any atom is -0.362 e. The standard InChI is InChI=1S/C22H32N3.Ir/c1-14-15(2)25-18(24-14)16-12-11-13-23-17(16)21(9,19(3,4)5)22(25,10)20(6,7)8;/h11,13H,1-10H3;/q-1;. The van der Waals surface area contributed by atoms with Crippen LogP contribution in [0, 0.1) is 30.7 Å². The molecule has 3 rings (SSSR count). The third kappa shape index (κ3) is 2.34. The molecule has 1 aliphatic heterocycles. The molecular formula is C22H32IrN3-. The molecule has 0 fully saturated rings. The van der Waals surface area contributed by atoms with Crippen molar-refractivity contribution in [3.8, 4) is 11.4 Å². The van der Waals surface area contributed by atoms with E-state index in [1.54, 1.807) is 0 Å². The third-order valence-electron chi connectivity index (χ3n) is 7.17. The van der Waals surface area contributed by atoms with Crippen molar-refractivity contribution in [2.75, 3.05) is 0 Å². The topological polar surface area (TPSA) is 30.7 Å². The van der Waals surface area contributed by atoms with Gasteiger partial charge in [-0.15, -0.1) is 12.1 Å². The van der Waals surface area contributed by atoms with Crippen LogP contribution < -0.4 is 0 Å². The average molecular weight is 531 g/mol. The molecule has 145 valence electrons. The zero-order valence-electron chi connectivity index (χ0n) is 17.8. The van der Waals surface area contributed by atoms with Crippen molar-refractivity contribution in [2.24, 2.45) is 10.8 Å². The minimum absolute atomic E-state index is 0. The summed E-state index contributed by atoms with van der Waals surface area (Å²) >= 11 is 0. The fraction of sp³-hybridized carbons (Fsp3) is 0.636. The smallest absolute Gasteiger partial charge is 0.0585 e. The number of nitrogens with zero attached hydrogens (tertiary/aromatic N) is 3. The Hall–Kier alpha value is -0.991. The van der Waals surface area contributed by atoms with Gasteiger partial charge in [0.2, 0.25) is 0 Å². The number of hydrogen-bond acceptors (Lipinski definition) is 2. The van der Waals surface area contributed by atoms with E-state index >= 15 is 0 Å². The molecule has 0 saturated heterocycles.